The van der Waals surface area contributed by atoms with Gasteiger partial charge in [-0.25, -0.2) is 4.90 Å². The van der Waals surface area contributed by atoms with Crippen molar-refractivity contribution in [2.45, 2.75) is 26.7 Å². The van der Waals surface area contributed by atoms with Gasteiger partial charge >= 0.3 is 0 Å². The molecular weight excluding hydrogens is 378 g/mol. The van der Waals surface area contributed by atoms with Gasteiger partial charge in [-0.2, -0.15) is 0 Å². The summed E-state index contributed by atoms with van der Waals surface area (Å²) in [6.07, 6.45) is 1.77. The monoisotopic (exact) mass is 399 g/mol. The molecule has 0 unspecified atom stereocenters. The van der Waals surface area contributed by atoms with Gasteiger partial charge in [-0.05, 0) is 42.7 Å². The van der Waals surface area contributed by atoms with Gasteiger partial charge in [0, 0.05) is 6.07 Å². The van der Waals surface area contributed by atoms with Crippen LogP contribution in [0.15, 0.2) is 53.6 Å². The number of anilines is 1. The number of halogens is 1. The lowest BCUT2D eigenvalue weighted by molar-refractivity contribution is -0.119. The molecule has 2 aromatic rings. The summed E-state index contributed by atoms with van der Waals surface area (Å²) in [5.41, 5.74) is 1.20. The quantitative estimate of drug-likeness (QED) is 0.599. The van der Waals surface area contributed by atoms with Crippen molar-refractivity contribution in [3.05, 3.63) is 59.1 Å². The lowest BCUT2D eigenvalue weighted by atomic mass is 10.1. The van der Waals surface area contributed by atoms with E-state index >= 15 is 0 Å². The van der Waals surface area contributed by atoms with E-state index in [0.29, 0.717) is 36.0 Å². The van der Waals surface area contributed by atoms with Gasteiger partial charge in [-0.15, -0.1) is 0 Å². The van der Waals surface area contributed by atoms with Crippen LogP contribution in [0.3, 0.4) is 0 Å². The molecule has 1 heterocycles. The second-order valence-electron chi connectivity index (χ2n) is 6.35. The smallest absolute Gasteiger partial charge is 0.277 e. The number of carbonyl (C=O) groups is 2. The first-order chi connectivity index (χ1) is 13.6. The molecule has 2 aromatic carbocycles. The minimum atomic E-state index is -0.541. The fourth-order valence-electron chi connectivity index (χ4n) is 2.86. The second-order valence-corrected chi connectivity index (χ2v) is 6.73. The summed E-state index contributed by atoms with van der Waals surface area (Å²) in [5, 5.41) is -0.0906. The van der Waals surface area contributed by atoms with Crippen LogP contribution in [0.4, 0.5) is 5.69 Å². The van der Waals surface area contributed by atoms with E-state index in [1.165, 1.54) is 0 Å². The molecule has 0 aromatic heterocycles. The molecule has 3 rings (SSSR count). The van der Waals surface area contributed by atoms with Crippen molar-refractivity contribution in [3.63, 3.8) is 0 Å². The molecule has 6 heteroatoms. The summed E-state index contributed by atoms with van der Waals surface area (Å²) in [6, 6.07) is 13.9. The number of imide groups is 1. The van der Waals surface area contributed by atoms with Crippen molar-refractivity contribution in [2.75, 3.05) is 18.1 Å². The normalized spacial score (nSPS) is 14.0. The highest BCUT2D eigenvalue weighted by Crippen LogP contribution is 2.36. The van der Waals surface area contributed by atoms with Gasteiger partial charge in [0.1, 0.15) is 16.5 Å². The van der Waals surface area contributed by atoms with Crippen molar-refractivity contribution in [3.8, 4) is 11.5 Å². The van der Waals surface area contributed by atoms with E-state index in [4.69, 9.17) is 21.1 Å². The molecule has 2 amide bonds. The zero-order chi connectivity index (χ0) is 20.1. The van der Waals surface area contributed by atoms with Gasteiger partial charge in [0.2, 0.25) is 0 Å². The van der Waals surface area contributed by atoms with Crippen LogP contribution in [0.25, 0.3) is 5.57 Å². The van der Waals surface area contributed by atoms with Crippen LogP contribution < -0.4 is 14.4 Å². The summed E-state index contributed by atoms with van der Waals surface area (Å²) in [5.74, 6) is 0.309. The maximum absolute atomic E-state index is 13.0. The van der Waals surface area contributed by atoms with Crippen molar-refractivity contribution in [1.29, 1.82) is 0 Å². The minimum Gasteiger partial charge on any atom is -0.494 e. The highest BCUT2D eigenvalue weighted by Gasteiger charge is 2.39. The molecule has 28 heavy (non-hydrogen) atoms. The Hall–Kier alpha value is -2.79. The zero-order valence-electron chi connectivity index (χ0n) is 15.9. The Labute approximate surface area is 169 Å². The van der Waals surface area contributed by atoms with Crippen molar-refractivity contribution >= 4 is 34.7 Å². The number of carbonyl (C=O) groups excluding carboxylic acids is 2. The topological polar surface area (TPSA) is 55.8 Å². The van der Waals surface area contributed by atoms with E-state index in [1.54, 1.807) is 48.5 Å². The van der Waals surface area contributed by atoms with E-state index in [-0.39, 0.29) is 10.6 Å². The van der Waals surface area contributed by atoms with Gasteiger partial charge in [-0.3, -0.25) is 9.59 Å². The standard InChI is InChI=1S/C22H22ClNO4/c1-3-12-27-17-10-8-15(9-11-17)19-20(23)22(26)24(21(19)25)16-6-5-7-18(14-16)28-13-4-2/h5-11,14H,3-4,12-13H2,1-2H3. The predicted octanol–water partition coefficient (Wildman–Crippen LogP) is 4.79. The highest BCUT2D eigenvalue weighted by molar-refractivity contribution is 6.60. The van der Waals surface area contributed by atoms with Crippen LogP contribution >= 0.6 is 11.6 Å². The maximum atomic E-state index is 13.0. The van der Waals surface area contributed by atoms with Gasteiger partial charge in [-0.1, -0.05) is 43.6 Å². The third-order valence-corrected chi connectivity index (χ3v) is 4.54. The molecule has 146 valence electrons. The molecule has 0 bridgehead atoms. The molecule has 0 aliphatic carbocycles. The first-order valence-electron chi connectivity index (χ1n) is 9.31. The molecule has 0 spiro atoms. The molecule has 1 aliphatic rings. The molecule has 0 fully saturated rings. The van der Waals surface area contributed by atoms with Crippen LogP contribution in [0, 0.1) is 0 Å². The van der Waals surface area contributed by atoms with Crippen molar-refractivity contribution in [1.82, 2.24) is 0 Å². The first kappa shape index (κ1) is 20.0. The molecule has 0 atom stereocenters. The van der Waals surface area contributed by atoms with Crippen LogP contribution in [-0.4, -0.2) is 25.0 Å². The fraction of sp³-hybridized carbons (Fsp3) is 0.273. The summed E-state index contributed by atoms with van der Waals surface area (Å²) in [6.45, 7) is 5.21. The van der Waals surface area contributed by atoms with E-state index in [2.05, 4.69) is 0 Å². The first-order valence-corrected chi connectivity index (χ1v) is 9.69. The molecule has 1 aliphatic heterocycles. The minimum absolute atomic E-state index is 0.0906. The van der Waals surface area contributed by atoms with E-state index in [1.807, 2.05) is 13.8 Å². The van der Waals surface area contributed by atoms with Gasteiger partial charge < -0.3 is 9.47 Å². The Morgan fingerprint density at radius 1 is 0.857 bits per heavy atom. The van der Waals surface area contributed by atoms with Crippen LogP contribution in [-0.2, 0) is 9.59 Å². The lowest BCUT2D eigenvalue weighted by Gasteiger charge is -2.16. The third kappa shape index (κ3) is 4.04. The van der Waals surface area contributed by atoms with Gasteiger partial charge in [0.15, 0.2) is 0 Å². The maximum Gasteiger partial charge on any atom is 0.277 e. The molecule has 0 saturated carbocycles. The average Bonchev–Trinajstić information content (AvgIpc) is 2.94. The summed E-state index contributed by atoms with van der Waals surface area (Å²) in [7, 11) is 0. The number of hydrogen-bond donors (Lipinski definition) is 0. The molecule has 0 N–H and O–H groups in total. The zero-order valence-corrected chi connectivity index (χ0v) is 16.7. The Morgan fingerprint density at radius 3 is 2.14 bits per heavy atom. The second kappa shape index (κ2) is 8.93. The lowest BCUT2D eigenvalue weighted by Crippen LogP contribution is -2.31. The summed E-state index contributed by atoms with van der Waals surface area (Å²) >= 11 is 6.25. The van der Waals surface area contributed by atoms with E-state index in [0.717, 1.165) is 17.7 Å². The Morgan fingerprint density at radius 2 is 1.50 bits per heavy atom. The van der Waals surface area contributed by atoms with Crippen LogP contribution in [0.1, 0.15) is 32.3 Å². The average molecular weight is 400 g/mol. The van der Waals surface area contributed by atoms with Crippen molar-refractivity contribution < 1.29 is 19.1 Å². The largest absolute Gasteiger partial charge is 0.494 e. The van der Waals surface area contributed by atoms with Gasteiger partial charge in [0.05, 0.1) is 24.5 Å². The third-order valence-electron chi connectivity index (χ3n) is 4.19. The SMILES string of the molecule is CCCOc1ccc(C2=C(Cl)C(=O)N(c3cccc(OCCC)c3)C2=O)cc1. The number of ether oxygens (including phenoxy) is 2. The molecular formula is C22H22ClNO4. The Kier molecular flexibility index (Phi) is 6.37. The number of rotatable bonds is 8. The summed E-state index contributed by atoms with van der Waals surface area (Å²) in [4.78, 5) is 26.8. The summed E-state index contributed by atoms with van der Waals surface area (Å²) < 4.78 is 11.2. The Bertz CT molecular complexity index is 905. The molecule has 0 radical (unpaired) electrons. The van der Waals surface area contributed by atoms with Crippen LogP contribution in [0.5, 0.6) is 11.5 Å². The van der Waals surface area contributed by atoms with Crippen LogP contribution in [0.2, 0.25) is 0 Å². The number of benzene rings is 2. The fourth-order valence-corrected chi connectivity index (χ4v) is 3.13. The van der Waals surface area contributed by atoms with Gasteiger partial charge in [0.25, 0.3) is 11.8 Å². The predicted molar refractivity (Wildman–Crippen MR) is 110 cm³/mol. The number of amides is 2. The Balaban J connectivity index is 1.86. The molecule has 5 nitrogen and oxygen atoms in total. The number of hydrogen-bond acceptors (Lipinski definition) is 4. The highest BCUT2D eigenvalue weighted by atomic mass is 35.5. The van der Waals surface area contributed by atoms with E-state index < -0.39 is 11.8 Å². The number of nitrogens with zero attached hydrogens (tertiary/aromatic N) is 1. The molecule has 0 saturated heterocycles. The van der Waals surface area contributed by atoms with Crippen molar-refractivity contribution in [2.24, 2.45) is 0 Å². The van der Waals surface area contributed by atoms with E-state index in [9.17, 15) is 9.59 Å².